The Morgan fingerprint density at radius 2 is 1.60 bits per heavy atom. The van der Waals surface area contributed by atoms with Gasteiger partial charge in [0.25, 0.3) is 5.69 Å². The first-order chi connectivity index (χ1) is 14.4. The molecule has 2 aromatic rings. The summed E-state index contributed by atoms with van der Waals surface area (Å²) >= 11 is 0. The number of ether oxygens (including phenoxy) is 1. The summed E-state index contributed by atoms with van der Waals surface area (Å²) in [6, 6.07) is 13.4. The Hall–Kier alpha value is -2.90. The fourth-order valence-corrected chi connectivity index (χ4v) is 4.33. The van der Waals surface area contributed by atoms with Gasteiger partial charge in [0.05, 0.1) is 4.92 Å². The molecule has 0 aromatic heterocycles. The molecule has 10 heteroatoms. The molecule has 0 bridgehead atoms. The van der Waals surface area contributed by atoms with Crippen molar-refractivity contribution in [2.75, 3.05) is 6.54 Å². The number of para-hydroxylation sites is 1. The number of carbonyl (C=O) groups is 1. The molecule has 1 N–H and O–H groups in total. The van der Waals surface area contributed by atoms with E-state index in [-0.39, 0.29) is 29.8 Å². The fourth-order valence-electron chi connectivity index (χ4n) is 3.04. The summed E-state index contributed by atoms with van der Waals surface area (Å²) in [7, 11) is -4.03. The molecule has 3 rings (SSSR count). The number of hydrogen-bond donors (Lipinski definition) is 1. The first kappa shape index (κ1) is 21.8. The molecule has 1 unspecified atom stereocenters. The summed E-state index contributed by atoms with van der Waals surface area (Å²) in [6.45, 7) is -0.367. The van der Waals surface area contributed by atoms with Crippen molar-refractivity contribution in [3.8, 4) is 11.5 Å². The Kier molecular flexibility index (Phi) is 7.43. The van der Waals surface area contributed by atoms with E-state index in [1.54, 1.807) is 30.3 Å². The number of nitrogens with one attached hydrogen (secondary N) is 1. The van der Waals surface area contributed by atoms with Gasteiger partial charge >= 0.3 is 13.7 Å². The minimum Gasteiger partial charge on any atom is -0.461 e. The van der Waals surface area contributed by atoms with Crippen LogP contribution in [-0.2, 0) is 14.1 Å². The van der Waals surface area contributed by atoms with Crippen molar-refractivity contribution in [3.05, 3.63) is 64.7 Å². The van der Waals surface area contributed by atoms with E-state index in [1.807, 2.05) is 0 Å². The lowest BCUT2D eigenvalue weighted by Gasteiger charge is -2.23. The van der Waals surface area contributed by atoms with Crippen LogP contribution in [0, 0.1) is 10.1 Å². The smallest absolute Gasteiger partial charge is 0.461 e. The molecule has 1 aliphatic rings. The van der Waals surface area contributed by atoms with E-state index in [4.69, 9.17) is 13.8 Å². The highest BCUT2D eigenvalue weighted by atomic mass is 31.2. The summed E-state index contributed by atoms with van der Waals surface area (Å²) in [5, 5.41) is 13.3. The number of rotatable bonds is 9. The number of hydrogen-bond acceptors (Lipinski definition) is 7. The van der Waals surface area contributed by atoms with Crippen molar-refractivity contribution >= 4 is 19.4 Å². The Bertz CT molecular complexity index is 899. The quantitative estimate of drug-likeness (QED) is 0.263. The lowest BCUT2D eigenvalue weighted by molar-refractivity contribution is -0.384. The van der Waals surface area contributed by atoms with Crippen molar-refractivity contribution < 1.29 is 28.1 Å². The Balaban J connectivity index is 1.67. The summed E-state index contributed by atoms with van der Waals surface area (Å²) in [6.07, 6.45) is 4.69. The Morgan fingerprint density at radius 3 is 2.20 bits per heavy atom. The van der Waals surface area contributed by atoms with Gasteiger partial charge in [0, 0.05) is 12.1 Å². The van der Waals surface area contributed by atoms with Crippen LogP contribution in [0.2, 0.25) is 0 Å². The van der Waals surface area contributed by atoms with Crippen molar-refractivity contribution in [2.45, 2.75) is 38.2 Å². The molecule has 160 valence electrons. The van der Waals surface area contributed by atoms with E-state index < -0.39 is 18.6 Å². The molecule has 1 aliphatic carbocycles. The zero-order valence-electron chi connectivity index (χ0n) is 16.3. The summed E-state index contributed by atoms with van der Waals surface area (Å²) < 4.78 is 29.7. The average molecular weight is 434 g/mol. The maximum Gasteiger partial charge on any atom is 0.513 e. The molecule has 0 saturated heterocycles. The molecular weight excluding hydrogens is 411 g/mol. The molecule has 0 aliphatic heterocycles. The predicted molar refractivity (Wildman–Crippen MR) is 109 cm³/mol. The molecule has 1 atom stereocenters. The maximum absolute atomic E-state index is 13.3. The van der Waals surface area contributed by atoms with Crippen LogP contribution in [0.25, 0.3) is 0 Å². The number of nitro benzene ring substituents is 1. The van der Waals surface area contributed by atoms with Gasteiger partial charge in [-0.15, -0.1) is 0 Å². The van der Waals surface area contributed by atoms with Crippen LogP contribution in [0.15, 0.2) is 54.6 Å². The zero-order chi connectivity index (χ0) is 21.4. The van der Waals surface area contributed by atoms with Crippen LogP contribution in [-0.4, -0.2) is 23.5 Å². The van der Waals surface area contributed by atoms with Gasteiger partial charge in [-0.25, -0.2) is 4.57 Å². The van der Waals surface area contributed by atoms with E-state index in [1.165, 1.54) is 24.3 Å². The standard InChI is InChI=1S/C20H23N2O7P/c23-20(27-17-7-3-1-4-8-17)15-21-30(26,28-18-9-5-2-6-10-18)29-19-13-11-16(12-14-19)22(24)25/h2,5-6,9-14,17H,1,3-4,7-8,15H2,(H,21,26). The largest absolute Gasteiger partial charge is 0.513 e. The van der Waals surface area contributed by atoms with Crippen LogP contribution < -0.4 is 14.1 Å². The highest BCUT2D eigenvalue weighted by Gasteiger charge is 2.30. The molecule has 0 spiro atoms. The van der Waals surface area contributed by atoms with E-state index in [0.29, 0.717) is 0 Å². The third kappa shape index (κ3) is 6.57. The van der Waals surface area contributed by atoms with E-state index >= 15 is 0 Å². The molecule has 1 saturated carbocycles. The number of carbonyl (C=O) groups excluding carboxylic acids is 1. The highest BCUT2D eigenvalue weighted by Crippen LogP contribution is 2.44. The fraction of sp³-hybridized carbons (Fsp3) is 0.350. The van der Waals surface area contributed by atoms with E-state index in [0.717, 1.165) is 32.1 Å². The number of nitro groups is 1. The highest BCUT2D eigenvalue weighted by molar-refractivity contribution is 7.52. The minimum absolute atomic E-state index is 0.0908. The van der Waals surface area contributed by atoms with Gasteiger partial charge in [-0.05, 0) is 49.9 Å². The number of non-ortho nitro benzene ring substituents is 1. The van der Waals surface area contributed by atoms with Crippen molar-refractivity contribution in [1.29, 1.82) is 0 Å². The monoisotopic (exact) mass is 434 g/mol. The van der Waals surface area contributed by atoms with Gasteiger partial charge in [-0.2, -0.15) is 5.09 Å². The van der Waals surface area contributed by atoms with Gasteiger partial charge in [0.1, 0.15) is 24.1 Å². The number of nitrogens with zero attached hydrogens (tertiary/aromatic N) is 1. The Labute approximate surface area is 174 Å². The van der Waals surface area contributed by atoms with Gasteiger partial charge in [0.15, 0.2) is 0 Å². The minimum atomic E-state index is -4.03. The molecular formula is C20H23N2O7P. The molecule has 1 fully saturated rings. The second kappa shape index (κ2) is 10.2. The normalized spacial score (nSPS) is 16.3. The molecule has 0 amide bonds. The first-order valence-corrected chi connectivity index (χ1v) is 11.2. The van der Waals surface area contributed by atoms with Crippen LogP contribution in [0.3, 0.4) is 0 Å². The lowest BCUT2D eigenvalue weighted by Crippen LogP contribution is -2.30. The van der Waals surface area contributed by atoms with E-state index in [2.05, 4.69) is 5.09 Å². The SMILES string of the molecule is O=C(CNP(=O)(Oc1ccccc1)Oc1ccc([N+](=O)[O-])cc1)OC1CCCCC1. The second-order valence-electron chi connectivity index (χ2n) is 6.83. The lowest BCUT2D eigenvalue weighted by atomic mass is 9.98. The van der Waals surface area contributed by atoms with Crippen LogP contribution >= 0.6 is 7.75 Å². The van der Waals surface area contributed by atoms with Gasteiger partial charge in [0.2, 0.25) is 0 Å². The number of esters is 1. The molecule has 0 radical (unpaired) electrons. The van der Waals surface area contributed by atoms with Crippen molar-refractivity contribution in [3.63, 3.8) is 0 Å². The van der Waals surface area contributed by atoms with Crippen LogP contribution in [0.4, 0.5) is 5.69 Å². The van der Waals surface area contributed by atoms with Crippen molar-refractivity contribution in [2.24, 2.45) is 0 Å². The molecule has 30 heavy (non-hydrogen) atoms. The summed E-state index contributed by atoms with van der Waals surface area (Å²) in [5.74, 6) is -0.185. The third-order valence-corrected chi connectivity index (χ3v) is 5.96. The second-order valence-corrected chi connectivity index (χ2v) is 8.51. The van der Waals surface area contributed by atoms with Crippen LogP contribution in [0.1, 0.15) is 32.1 Å². The van der Waals surface area contributed by atoms with Gasteiger partial charge < -0.3 is 13.8 Å². The van der Waals surface area contributed by atoms with Crippen LogP contribution in [0.5, 0.6) is 11.5 Å². The predicted octanol–water partition coefficient (Wildman–Crippen LogP) is 4.63. The Morgan fingerprint density at radius 1 is 1.00 bits per heavy atom. The topological polar surface area (TPSA) is 117 Å². The average Bonchev–Trinajstić information content (AvgIpc) is 2.74. The molecule has 0 heterocycles. The summed E-state index contributed by atoms with van der Waals surface area (Å²) in [5.41, 5.74) is -0.134. The number of benzene rings is 2. The van der Waals surface area contributed by atoms with E-state index in [9.17, 15) is 19.5 Å². The van der Waals surface area contributed by atoms with Crippen molar-refractivity contribution in [1.82, 2.24) is 5.09 Å². The van der Waals surface area contributed by atoms with Gasteiger partial charge in [-0.1, -0.05) is 24.6 Å². The van der Waals surface area contributed by atoms with Gasteiger partial charge in [-0.3, -0.25) is 14.9 Å². The molecule has 9 nitrogen and oxygen atoms in total. The maximum atomic E-state index is 13.3. The zero-order valence-corrected chi connectivity index (χ0v) is 17.2. The first-order valence-electron chi connectivity index (χ1n) is 9.67. The summed E-state index contributed by atoms with van der Waals surface area (Å²) in [4.78, 5) is 22.4. The molecule has 2 aromatic carbocycles. The third-order valence-electron chi connectivity index (χ3n) is 4.51.